The van der Waals surface area contributed by atoms with E-state index in [2.05, 4.69) is 15.4 Å². The zero-order valence-corrected chi connectivity index (χ0v) is 16.4. The first-order chi connectivity index (χ1) is 14.3. The molecule has 10 heteroatoms. The topological polar surface area (TPSA) is 118 Å². The largest absolute Gasteiger partial charge is 0.468 e. The molecule has 0 atom stereocenters. The average molecular weight is 431 g/mol. The molecule has 3 aromatic rings. The van der Waals surface area contributed by atoms with E-state index in [4.69, 9.17) is 4.42 Å². The number of sulfonamides is 1. The van der Waals surface area contributed by atoms with Gasteiger partial charge in [0, 0.05) is 5.69 Å². The number of anilines is 1. The summed E-state index contributed by atoms with van der Waals surface area (Å²) < 4.78 is 45.9. The second-order valence-electron chi connectivity index (χ2n) is 6.14. The van der Waals surface area contributed by atoms with Crippen molar-refractivity contribution in [3.05, 3.63) is 84.1 Å². The summed E-state index contributed by atoms with van der Waals surface area (Å²) in [6, 6.07) is 14.3. The van der Waals surface area contributed by atoms with E-state index < -0.39 is 34.2 Å². The maximum Gasteiger partial charge on any atom is 0.254 e. The lowest BCUT2D eigenvalue weighted by molar-refractivity contribution is -0.115. The highest BCUT2D eigenvalue weighted by atomic mass is 32.2. The lowest BCUT2D eigenvalue weighted by Crippen LogP contribution is -2.33. The summed E-state index contributed by atoms with van der Waals surface area (Å²) >= 11 is 0. The molecule has 0 spiro atoms. The Bertz CT molecular complexity index is 1150. The van der Waals surface area contributed by atoms with Crippen molar-refractivity contribution in [1.82, 2.24) is 10.0 Å². The molecule has 2 aromatic carbocycles. The van der Waals surface area contributed by atoms with Crippen LogP contribution in [0.5, 0.6) is 0 Å². The molecule has 0 saturated carbocycles. The third kappa shape index (κ3) is 5.52. The molecule has 0 unspecified atom stereocenters. The van der Waals surface area contributed by atoms with Gasteiger partial charge in [-0.05, 0) is 42.5 Å². The quantitative estimate of drug-likeness (QED) is 0.506. The van der Waals surface area contributed by atoms with Crippen molar-refractivity contribution in [3.63, 3.8) is 0 Å². The molecule has 8 nitrogen and oxygen atoms in total. The summed E-state index contributed by atoms with van der Waals surface area (Å²) in [6.07, 6.45) is 1.44. The molecule has 3 N–H and O–H groups in total. The number of carbonyl (C=O) groups excluding carboxylic acids is 2. The van der Waals surface area contributed by atoms with Crippen LogP contribution < -0.4 is 15.4 Å². The summed E-state index contributed by atoms with van der Waals surface area (Å²) in [5.74, 6) is -1.58. The van der Waals surface area contributed by atoms with Crippen molar-refractivity contribution in [1.29, 1.82) is 0 Å². The van der Waals surface area contributed by atoms with Gasteiger partial charge >= 0.3 is 0 Å². The van der Waals surface area contributed by atoms with Gasteiger partial charge in [0.25, 0.3) is 5.91 Å². The second-order valence-corrected chi connectivity index (χ2v) is 7.91. The van der Waals surface area contributed by atoms with Crippen LogP contribution in [0.25, 0.3) is 0 Å². The number of hydrogen-bond donors (Lipinski definition) is 3. The van der Waals surface area contributed by atoms with Gasteiger partial charge in [-0.15, -0.1) is 0 Å². The number of nitrogens with one attached hydrogen (secondary N) is 3. The highest BCUT2D eigenvalue weighted by molar-refractivity contribution is 7.89. The van der Waals surface area contributed by atoms with Crippen LogP contribution in [-0.4, -0.2) is 26.8 Å². The Labute approximate surface area is 172 Å². The van der Waals surface area contributed by atoms with E-state index >= 15 is 0 Å². The summed E-state index contributed by atoms with van der Waals surface area (Å²) in [7, 11) is -3.83. The minimum Gasteiger partial charge on any atom is -0.468 e. The minimum absolute atomic E-state index is 0.0198. The molecule has 2 amide bonds. The van der Waals surface area contributed by atoms with Gasteiger partial charge in [-0.3, -0.25) is 9.59 Å². The first kappa shape index (κ1) is 21.2. The Morgan fingerprint density at radius 1 is 1.00 bits per heavy atom. The molecule has 0 aliphatic rings. The van der Waals surface area contributed by atoms with Gasteiger partial charge in [0.1, 0.15) is 11.6 Å². The van der Waals surface area contributed by atoms with E-state index in [-0.39, 0.29) is 22.7 Å². The summed E-state index contributed by atoms with van der Waals surface area (Å²) in [6.45, 7) is -0.436. The van der Waals surface area contributed by atoms with Gasteiger partial charge in [-0.1, -0.05) is 18.2 Å². The van der Waals surface area contributed by atoms with Gasteiger partial charge in [0.15, 0.2) is 0 Å². The Hall–Kier alpha value is -3.50. The molecule has 0 aliphatic carbocycles. The molecule has 3 rings (SSSR count). The normalized spacial score (nSPS) is 11.1. The SMILES string of the molecule is O=C(CNC(=O)c1ccccc1F)Nc1cccc(S(=O)(=O)NCc2ccco2)c1. The van der Waals surface area contributed by atoms with E-state index in [1.54, 1.807) is 12.1 Å². The van der Waals surface area contributed by atoms with Crippen LogP contribution in [0.4, 0.5) is 10.1 Å². The van der Waals surface area contributed by atoms with Crippen molar-refractivity contribution >= 4 is 27.5 Å². The second kappa shape index (κ2) is 9.33. The minimum atomic E-state index is -3.83. The predicted molar refractivity (Wildman–Crippen MR) is 107 cm³/mol. The van der Waals surface area contributed by atoms with Gasteiger partial charge in [0.2, 0.25) is 15.9 Å². The Morgan fingerprint density at radius 2 is 1.80 bits per heavy atom. The molecule has 0 saturated heterocycles. The number of halogens is 1. The van der Waals surface area contributed by atoms with Gasteiger partial charge in [0.05, 0.1) is 29.8 Å². The van der Waals surface area contributed by atoms with Crippen LogP contribution in [0.3, 0.4) is 0 Å². The van der Waals surface area contributed by atoms with Gasteiger partial charge in [-0.2, -0.15) is 0 Å². The molecular formula is C20H18FN3O5S. The number of rotatable bonds is 8. The van der Waals surface area contributed by atoms with Crippen LogP contribution in [0.15, 0.2) is 76.2 Å². The molecule has 0 fully saturated rings. The lowest BCUT2D eigenvalue weighted by atomic mass is 10.2. The number of amides is 2. The van der Waals surface area contributed by atoms with Crippen LogP contribution in [-0.2, 0) is 21.4 Å². The average Bonchev–Trinajstić information content (AvgIpc) is 3.25. The smallest absolute Gasteiger partial charge is 0.254 e. The van der Waals surface area contributed by atoms with E-state index in [1.807, 2.05) is 0 Å². The molecule has 156 valence electrons. The molecule has 30 heavy (non-hydrogen) atoms. The molecule has 0 aliphatic heterocycles. The van der Waals surface area contributed by atoms with Crippen LogP contribution in [0.1, 0.15) is 16.1 Å². The van der Waals surface area contributed by atoms with Crippen molar-refractivity contribution in [2.24, 2.45) is 0 Å². The first-order valence-electron chi connectivity index (χ1n) is 8.80. The van der Waals surface area contributed by atoms with Gasteiger partial charge in [-0.25, -0.2) is 17.5 Å². The summed E-state index contributed by atoms with van der Waals surface area (Å²) in [4.78, 5) is 24.0. The van der Waals surface area contributed by atoms with Crippen molar-refractivity contribution < 1.29 is 26.8 Å². The number of benzene rings is 2. The lowest BCUT2D eigenvalue weighted by Gasteiger charge is -2.10. The van der Waals surface area contributed by atoms with Crippen LogP contribution in [0.2, 0.25) is 0 Å². The fourth-order valence-electron chi connectivity index (χ4n) is 2.51. The van der Waals surface area contributed by atoms with Crippen LogP contribution >= 0.6 is 0 Å². The zero-order valence-electron chi connectivity index (χ0n) is 15.6. The van der Waals surface area contributed by atoms with Crippen molar-refractivity contribution in [2.75, 3.05) is 11.9 Å². The Balaban J connectivity index is 1.58. The van der Waals surface area contributed by atoms with Crippen LogP contribution in [0, 0.1) is 5.82 Å². The highest BCUT2D eigenvalue weighted by Gasteiger charge is 2.16. The zero-order chi connectivity index (χ0) is 21.6. The van der Waals surface area contributed by atoms with Crippen molar-refractivity contribution in [3.8, 4) is 0 Å². The number of carbonyl (C=O) groups is 2. The highest BCUT2D eigenvalue weighted by Crippen LogP contribution is 2.16. The van der Waals surface area contributed by atoms with Gasteiger partial charge < -0.3 is 15.1 Å². The summed E-state index contributed by atoms with van der Waals surface area (Å²) in [5.41, 5.74) is 0.0436. The fraction of sp³-hybridized carbons (Fsp3) is 0.100. The van der Waals surface area contributed by atoms with Crippen molar-refractivity contribution in [2.45, 2.75) is 11.4 Å². The number of hydrogen-bond acceptors (Lipinski definition) is 5. The predicted octanol–water partition coefficient (Wildman–Crippen LogP) is 2.27. The third-order valence-electron chi connectivity index (χ3n) is 3.97. The first-order valence-corrected chi connectivity index (χ1v) is 10.3. The van der Waals surface area contributed by atoms with E-state index in [9.17, 15) is 22.4 Å². The monoisotopic (exact) mass is 431 g/mol. The van der Waals surface area contributed by atoms with E-state index in [0.717, 1.165) is 6.07 Å². The Kier molecular flexibility index (Phi) is 6.60. The van der Waals surface area contributed by atoms with E-state index in [1.165, 1.54) is 48.7 Å². The molecule has 0 bridgehead atoms. The standard InChI is InChI=1S/C20H18FN3O5S/c21-18-9-2-1-8-17(18)20(26)22-13-19(25)24-14-5-3-7-16(11-14)30(27,28)23-12-15-6-4-10-29-15/h1-11,23H,12-13H2,(H,22,26)(H,24,25). The maximum atomic E-state index is 13.6. The fourth-order valence-corrected chi connectivity index (χ4v) is 3.55. The molecule has 1 aromatic heterocycles. The third-order valence-corrected chi connectivity index (χ3v) is 5.37. The number of furan rings is 1. The molecule has 1 heterocycles. The molecular weight excluding hydrogens is 413 g/mol. The Morgan fingerprint density at radius 3 is 2.53 bits per heavy atom. The summed E-state index contributed by atoms with van der Waals surface area (Å²) in [5, 5.41) is 4.80. The van der Waals surface area contributed by atoms with E-state index in [0.29, 0.717) is 5.76 Å². The molecule has 0 radical (unpaired) electrons. The maximum absolute atomic E-state index is 13.6.